The Morgan fingerprint density at radius 1 is 1.25 bits per heavy atom. The number of anilines is 1. The van der Waals surface area contributed by atoms with E-state index < -0.39 is 0 Å². The molecule has 24 heavy (non-hydrogen) atoms. The molecular weight excluding hydrogens is 320 g/mol. The molecule has 1 aliphatic rings. The first-order valence-electron chi connectivity index (χ1n) is 9.06. The van der Waals surface area contributed by atoms with Crippen LogP contribution < -0.4 is 4.90 Å². The van der Waals surface area contributed by atoms with Gasteiger partial charge in [0.1, 0.15) is 0 Å². The molecule has 4 heteroatoms. The van der Waals surface area contributed by atoms with Crippen LogP contribution in [0, 0.1) is 5.92 Å². The fourth-order valence-electron chi connectivity index (χ4n) is 3.16. The summed E-state index contributed by atoms with van der Waals surface area (Å²) in [5.41, 5.74) is 1.28. The summed E-state index contributed by atoms with van der Waals surface area (Å²) in [4.78, 5) is 4.74. The summed E-state index contributed by atoms with van der Waals surface area (Å²) < 4.78 is 5.90. The normalized spacial score (nSPS) is 15.9. The van der Waals surface area contributed by atoms with E-state index in [0.29, 0.717) is 5.92 Å². The van der Waals surface area contributed by atoms with Gasteiger partial charge in [0.05, 0.1) is 0 Å². The number of rotatable bonds is 10. The fraction of sp³-hybridized carbons (Fsp3) is 0.600. The van der Waals surface area contributed by atoms with Gasteiger partial charge in [-0.2, -0.15) is 0 Å². The minimum Gasteiger partial charge on any atom is -0.381 e. The molecule has 1 aromatic carbocycles. The van der Waals surface area contributed by atoms with Crippen LogP contribution in [0.25, 0.3) is 0 Å². The average molecular weight is 351 g/mol. The van der Waals surface area contributed by atoms with E-state index in [-0.39, 0.29) is 0 Å². The second-order valence-electron chi connectivity index (χ2n) is 6.74. The zero-order chi connectivity index (χ0) is 17.2. The minimum atomic E-state index is 0.706. The topological polar surface area (TPSA) is 15.7 Å². The lowest BCUT2D eigenvalue weighted by atomic mass is 9.97. The van der Waals surface area contributed by atoms with Crippen LogP contribution in [-0.4, -0.2) is 51.3 Å². The lowest BCUT2D eigenvalue weighted by Gasteiger charge is -2.33. The Morgan fingerprint density at radius 3 is 2.62 bits per heavy atom. The van der Waals surface area contributed by atoms with E-state index in [1.165, 1.54) is 24.9 Å². The quantitative estimate of drug-likeness (QED) is 0.457. The van der Waals surface area contributed by atoms with Gasteiger partial charge in [0, 0.05) is 43.6 Å². The lowest BCUT2D eigenvalue weighted by Crippen LogP contribution is -2.35. The van der Waals surface area contributed by atoms with Crippen molar-refractivity contribution in [2.45, 2.75) is 25.7 Å². The van der Waals surface area contributed by atoms with Crippen LogP contribution in [0.3, 0.4) is 0 Å². The van der Waals surface area contributed by atoms with Gasteiger partial charge in [-0.15, -0.1) is 6.58 Å². The molecule has 1 fully saturated rings. The Balaban J connectivity index is 1.53. The second-order valence-corrected chi connectivity index (χ2v) is 7.18. The maximum absolute atomic E-state index is 5.96. The third kappa shape index (κ3) is 6.84. The highest BCUT2D eigenvalue weighted by atomic mass is 35.5. The molecule has 0 atom stereocenters. The van der Waals surface area contributed by atoms with Gasteiger partial charge >= 0.3 is 0 Å². The van der Waals surface area contributed by atoms with E-state index in [4.69, 9.17) is 16.3 Å². The van der Waals surface area contributed by atoms with E-state index in [0.717, 1.165) is 50.8 Å². The Hall–Kier alpha value is -1.03. The highest BCUT2D eigenvalue weighted by Crippen LogP contribution is 2.24. The van der Waals surface area contributed by atoms with Gasteiger partial charge in [0.15, 0.2) is 0 Å². The van der Waals surface area contributed by atoms with Gasteiger partial charge in [-0.25, -0.2) is 0 Å². The van der Waals surface area contributed by atoms with Gasteiger partial charge in [-0.3, -0.25) is 0 Å². The molecule has 0 bridgehead atoms. The molecule has 1 aliphatic heterocycles. The molecule has 2 rings (SSSR count). The fourth-order valence-corrected chi connectivity index (χ4v) is 3.28. The summed E-state index contributed by atoms with van der Waals surface area (Å²) in [5.74, 6) is 0.706. The molecule has 1 saturated heterocycles. The van der Waals surface area contributed by atoms with Crippen LogP contribution in [0.2, 0.25) is 5.02 Å². The Labute approximate surface area is 152 Å². The molecule has 0 N–H and O–H groups in total. The van der Waals surface area contributed by atoms with E-state index in [1.54, 1.807) is 0 Å². The van der Waals surface area contributed by atoms with Crippen LogP contribution in [0.15, 0.2) is 36.9 Å². The van der Waals surface area contributed by atoms with Crippen molar-refractivity contribution in [1.82, 2.24) is 4.90 Å². The molecule has 134 valence electrons. The third-order valence-corrected chi connectivity index (χ3v) is 4.93. The average Bonchev–Trinajstić information content (AvgIpc) is 2.59. The summed E-state index contributed by atoms with van der Waals surface area (Å²) in [6.07, 6.45) is 6.72. The SMILES string of the molecule is C=CCN(C)CCCCOCC1CCN(c2ccc(Cl)cc2)CC1. The molecule has 0 amide bonds. The zero-order valence-corrected chi connectivity index (χ0v) is 15.7. The van der Waals surface area contributed by atoms with Crippen molar-refractivity contribution in [3.05, 3.63) is 41.9 Å². The summed E-state index contributed by atoms with van der Waals surface area (Å²) in [5, 5.41) is 0.803. The van der Waals surface area contributed by atoms with E-state index in [2.05, 4.69) is 35.6 Å². The number of ether oxygens (including phenoxy) is 1. The molecular formula is C20H31ClN2O. The predicted octanol–water partition coefficient (Wildman–Crippen LogP) is 4.47. The standard InChI is InChI=1S/C20H31ClN2O/c1-3-12-22(2)13-4-5-16-24-17-18-10-14-23(15-11-18)20-8-6-19(21)7-9-20/h3,6-9,18H,1,4-5,10-17H2,2H3. The first kappa shape index (κ1) is 19.3. The van der Waals surface area contributed by atoms with Crippen molar-refractivity contribution in [3.63, 3.8) is 0 Å². The summed E-state index contributed by atoms with van der Waals surface area (Å²) in [6, 6.07) is 8.17. The number of nitrogens with zero attached hydrogens (tertiary/aromatic N) is 2. The minimum absolute atomic E-state index is 0.706. The molecule has 0 aliphatic carbocycles. The maximum Gasteiger partial charge on any atom is 0.0495 e. The monoisotopic (exact) mass is 350 g/mol. The van der Waals surface area contributed by atoms with Gasteiger partial charge in [-0.05, 0) is 69.5 Å². The molecule has 1 aromatic rings. The second kappa shape index (κ2) is 10.8. The van der Waals surface area contributed by atoms with E-state index in [1.807, 2.05) is 18.2 Å². The third-order valence-electron chi connectivity index (χ3n) is 4.68. The van der Waals surface area contributed by atoms with Gasteiger partial charge in [0.25, 0.3) is 0 Å². The smallest absolute Gasteiger partial charge is 0.0495 e. The number of halogens is 1. The molecule has 3 nitrogen and oxygen atoms in total. The predicted molar refractivity (Wildman–Crippen MR) is 104 cm³/mol. The van der Waals surface area contributed by atoms with Crippen LogP contribution in [0.4, 0.5) is 5.69 Å². The first-order chi connectivity index (χ1) is 11.7. The Morgan fingerprint density at radius 2 is 1.96 bits per heavy atom. The maximum atomic E-state index is 5.96. The number of likely N-dealkylation sites (N-methyl/N-ethyl adjacent to an activating group) is 1. The first-order valence-corrected chi connectivity index (χ1v) is 9.44. The highest BCUT2D eigenvalue weighted by molar-refractivity contribution is 6.30. The van der Waals surface area contributed by atoms with Gasteiger partial charge in [-0.1, -0.05) is 17.7 Å². The lowest BCUT2D eigenvalue weighted by molar-refractivity contribution is 0.0865. The van der Waals surface area contributed by atoms with Crippen molar-refractivity contribution in [3.8, 4) is 0 Å². The molecule has 0 spiro atoms. The number of hydrogen-bond donors (Lipinski definition) is 0. The van der Waals surface area contributed by atoms with E-state index >= 15 is 0 Å². The number of hydrogen-bond acceptors (Lipinski definition) is 3. The highest BCUT2D eigenvalue weighted by Gasteiger charge is 2.19. The molecule has 0 unspecified atom stereocenters. The van der Waals surface area contributed by atoms with Gasteiger partial charge in [0.2, 0.25) is 0 Å². The van der Waals surface area contributed by atoms with Crippen molar-refractivity contribution < 1.29 is 4.74 Å². The summed E-state index contributed by atoms with van der Waals surface area (Å²) >= 11 is 5.96. The van der Waals surface area contributed by atoms with Crippen molar-refractivity contribution in [2.75, 3.05) is 51.3 Å². The number of piperidine rings is 1. The van der Waals surface area contributed by atoms with Crippen molar-refractivity contribution in [2.24, 2.45) is 5.92 Å². The number of benzene rings is 1. The van der Waals surface area contributed by atoms with Crippen LogP contribution >= 0.6 is 11.6 Å². The Bertz CT molecular complexity index is 469. The largest absolute Gasteiger partial charge is 0.381 e. The molecule has 0 aromatic heterocycles. The van der Waals surface area contributed by atoms with Crippen LogP contribution in [0.5, 0.6) is 0 Å². The molecule has 1 heterocycles. The molecule has 0 radical (unpaired) electrons. The van der Waals surface area contributed by atoms with Crippen molar-refractivity contribution >= 4 is 17.3 Å². The molecule has 0 saturated carbocycles. The van der Waals surface area contributed by atoms with E-state index in [9.17, 15) is 0 Å². The Kier molecular flexibility index (Phi) is 8.65. The summed E-state index contributed by atoms with van der Waals surface area (Å²) in [6.45, 7) is 9.88. The number of unbranched alkanes of at least 4 members (excludes halogenated alkanes) is 1. The van der Waals surface area contributed by atoms with Gasteiger partial charge < -0.3 is 14.5 Å². The van der Waals surface area contributed by atoms with Crippen LogP contribution in [-0.2, 0) is 4.74 Å². The van der Waals surface area contributed by atoms with Crippen LogP contribution in [0.1, 0.15) is 25.7 Å². The van der Waals surface area contributed by atoms with Crippen molar-refractivity contribution in [1.29, 1.82) is 0 Å². The zero-order valence-electron chi connectivity index (χ0n) is 14.9. The summed E-state index contributed by atoms with van der Waals surface area (Å²) in [7, 11) is 2.14.